The van der Waals surface area contributed by atoms with E-state index in [9.17, 15) is 9.59 Å². The summed E-state index contributed by atoms with van der Waals surface area (Å²) in [6.07, 6.45) is 0. The number of carbonyl (C=O) groups excluding carboxylic acids is 1. The van der Waals surface area contributed by atoms with Crippen LogP contribution in [-0.2, 0) is 4.79 Å². The lowest BCUT2D eigenvalue weighted by Gasteiger charge is -2.26. The zero-order valence-corrected chi connectivity index (χ0v) is 12.5. The molecule has 0 radical (unpaired) electrons. The fourth-order valence-corrected chi connectivity index (χ4v) is 2.30. The Kier molecular flexibility index (Phi) is 4.57. The molecule has 1 aliphatic rings. The molecular weight excluding hydrogens is 298 g/mol. The van der Waals surface area contributed by atoms with Gasteiger partial charge in [0.2, 0.25) is 0 Å². The number of carboxylic acids is 1. The predicted octanol–water partition coefficient (Wildman–Crippen LogP) is 2.05. The predicted molar refractivity (Wildman–Crippen MR) is 76.3 cm³/mol. The van der Waals surface area contributed by atoms with E-state index in [2.05, 4.69) is 0 Å². The standard InChI is InChI=1S/C14H16ClNO5/c1-8(2)16(7-12(17)18)14(19)9-5-10(15)13-11(6-9)20-3-4-21-13/h5-6,8H,3-4,7H2,1-2H3,(H,17,18). The van der Waals surface area contributed by atoms with Crippen LogP contribution in [0.25, 0.3) is 0 Å². The van der Waals surface area contributed by atoms with E-state index in [1.165, 1.54) is 17.0 Å². The summed E-state index contributed by atoms with van der Waals surface area (Å²) < 4.78 is 10.8. The van der Waals surface area contributed by atoms with Crippen molar-refractivity contribution >= 4 is 23.5 Å². The maximum Gasteiger partial charge on any atom is 0.323 e. The first-order valence-electron chi connectivity index (χ1n) is 6.52. The molecule has 1 aromatic rings. The molecule has 1 aromatic carbocycles. The lowest BCUT2D eigenvalue weighted by molar-refractivity contribution is -0.138. The van der Waals surface area contributed by atoms with Crippen LogP contribution in [0.15, 0.2) is 12.1 Å². The van der Waals surface area contributed by atoms with Gasteiger partial charge in [-0.1, -0.05) is 11.6 Å². The molecular formula is C14H16ClNO5. The zero-order valence-electron chi connectivity index (χ0n) is 11.8. The van der Waals surface area contributed by atoms with Gasteiger partial charge in [-0.3, -0.25) is 9.59 Å². The number of hydrogen-bond acceptors (Lipinski definition) is 4. The number of carboxylic acid groups (broad SMARTS) is 1. The lowest BCUT2D eigenvalue weighted by atomic mass is 10.1. The maximum atomic E-state index is 12.5. The minimum Gasteiger partial charge on any atom is -0.486 e. The Bertz CT molecular complexity index is 573. The molecule has 1 N–H and O–H groups in total. The summed E-state index contributed by atoms with van der Waals surface area (Å²) in [4.78, 5) is 24.6. The van der Waals surface area contributed by atoms with Crippen LogP contribution in [0.3, 0.4) is 0 Å². The van der Waals surface area contributed by atoms with Crippen molar-refractivity contribution in [1.82, 2.24) is 4.90 Å². The minimum absolute atomic E-state index is 0.249. The Morgan fingerprint density at radius 2 is 2.00 bits per heavy atom. The molecule has 114 valence electrons. The van der Waals surface area contributed by atoms with Gasteiger partial charge in [0.05, 0.1) is 5.02 Å². The van der Waals surface area contributed by atoms with Gasteiger partial charge >= 0.3 is 5.97 Å². The molecule has 1 heterocycles. The molecule has 0 spiro atoms. The van der Waals surface area contributed by atoms with Crippen LogP contribution in [0.4, 0.5) is 0 Å². The van der Waals surface area contributed by atoms with Gasteiger partial charge in [-0.15, -0.1) is 0 Å². The lowest BCUT2D eigenvalue weighted by Crippen LogP contribution is -2.40. The van der Waals surface area contributed by atoms with Crippen LogP contribution < -0.4 is 9.47 Å². The van der Waals surface area contributed by atoms with Crippen molar-refractivity contribution < 1.29 is 24.2 Å². The van der Waals surface area contributed by atoms with Gasteiger partial charge in [0, 0.05) is 11.6 Å². The molecule has 0 atom stereocenters. The highest BCUT2D eigenvalue weighted by Crippen LogP contribution is 2.38. The molecule has 1 amide bonds. The summed E-state index contributed by atoms with van der Waals surface area (Å²) in [5.74, 6) is -0.670. The molecule has 1 aliphatic heterocycles. The van der Waals surface area contributed by atoms with Crippen LogP contribution in [0.2, 0.25) is 5.02 Å². The molecule has 0 unspecified atom stereocenters. The molecule has 21 heavy (non-hydrogen) atoms. The average Bonchev–Trinajstić information content (AvgIpc) is 2.43. The Labute approximate surface area is 127 Å². The molecule has 0 fully saturated rings. The number of nitrogens with zero attached hydrogens (tertiary/aromatic N) is 1. The number of hydrogen-bond donors (Lipinski definition) is 1. The van der Waals surface area contributed by atoms with Crippen molar-refractivity contribution in [3.05, 3.63) is 22.7 Å². The first-order chi connectivity index (χ1) is 9.90. The quantitative estimate of drug-likeness (QED) is 0.920. The van der Waals surface area contributed by atoms with E-state index >= 15 is 0 Å². The third kappa shape index (κ3) is 3.39. The van der Waals surface area contributed by atoms with Crippen LogP contribution in [0.1, 0.15) is 24.2 Å². The van der Waals surface area contributed by atoms with Gasteiger partial charge in [0.15, 0.2) is 11.5 Å². The van der Waals surface area contributed by atoms with E-state index in [1.54, 1.807) is 13.8 Å². The van der Waals surface area contributed by atoms with E-state index in [1.807, 2.05) is 0 Å². The number of rotatable bonds is 4. The number of aliphatic carboxylic acids is 1. The molecule has 6 nitrogen and oxygen atoms in total. The molecule has 7 heteroatoms. The summed E-state index contributed by atoms with van der Waals surface area (Å²) in [5.41, 5.74) is 0.277. The topological polar surface area (TPSA) is 76.1 Å². The Hall–Kier alpha value is -1.95. The summed E-state index contributed by atoms with van der Waals surface area (Å²) in [6, 6.07) is 2.75. The Balaban J connectivity index is 2.33. The number of halogens is 1. The van der Waals surface area contributed by atoms with E-state index in [0.717, 1.165) is 0 Å². The Morgan fingerprint density at radius 1 is 1.33 bits per heavy atom. The highest BCUT2D eigenvalue weighted by atomic mass is 35.5. The van der Waals surface area contributed by atoms with E-state index in [4.69, 9.17) is 26.2 Å². The second kappa shape index (κ2) is 6.22. The number of ether oxygens (including phenoxy) is 2. The van der Waals surface area contributed by atoms with Crippen molar-refractivity contribution in [3.8, 4) is 11.5 Å². The van der Waals surface area contributed by atoms with Gasteiger partial charge in [-0.2, -0.15) is 0 Å². The normalized spacial score (nSPS) is 13.1. The molecule has 0 saturated carbocycles. The SMILES string of the molecule is CC(C)N(CC(=O)O)C(=O)c1cc(Cl)c2c(c1)OCCO2. The molecule has 0 bridgehead atoms. The molecule has 0 aliphatic carbocycles. The van der Waals surface area contributed by atoms with Gasteiger partial charge in [0.1, 0.15) is 19.8 Å². The number of fused-ring (bicyclic) bond motifs is 1. The first-order valence-corrected chi connectivity index (χ1v) is 6.90. The Morgan fingerprint density at radius 3 is 2.62 bits per heavy atom. The monoisotopic (exact) mass is 313 g/mol. The molecule has 0 saturated heterocycles. The van der Waals surface area contributed by atoms with Crippen molar-refractivity contribution in [3.63, 3.8) is 0 Å². The molecule has 2 rings (SSSR count). The zero-order chi connectivity index (χ0) is 15.6. The van der Waals surface area contributed by atoms with E-state index in [0.29, 0.717) is 24.7 Å². The second-order valence-electron chi connectivity index (χ2n) is 4.90. The summed E-state index contributed by atoms with van der Waals surface area (Å²) in [7, 11) is 0. The maximum absolute atomic E-state index is 12.5. The number of benzene rings is 1. The summed E-state index contributed by atoms with van der Waals surface area (Å²) in [5, 5.41) is 9.18. The first kappa shape index (κ1) is 15.4. The third-order valence-corrected chi connectivity index (χ3v) is 3.31. The fourth-order valence-electron chi connectivity index (χ4n) is 2.03. The van der Waals surface area contributed by atoms with Crippen LogP contribution >= 0.6 is 11.6 Å². The van der Waals surface area contributed by atoms with Gasteiger partial charge in [0.25, 0.3) is 5.91 Å². The van der Waals surface area contributed by atoms with Gasteiger partial charge in [-0.25, -0.2) is 0 Å². The van der Waals surface area contributed by atoms with Crippen molar-refractivity contribution in [1.29, 1.82) is 0 Å². The molecule has 0 aromatic heterocycles. The number of amides is 1. The van der Waals surface area contributed by atoms with Crippen LogP contribution in [0, 0.1) is 0 Å². The van der Waals surface area contributed by atoms with Crippen molar-refractivity contribution in [2.75, 3.05) is 19.8 Å². The van der Waals surface area contributed by atoms with Crippen molar-refractivity contribution in [2.45, 2.75) is 19.9 Å². The highest BCUT2D eigenvalue weighted by Gasteiger charge is 2.25. The smallest absolute Gasteiger partial charge is 0.323 e. The van der Waals surface area contributed by atoms with E-state index in [-0.39, 0.29) is 23.2 Å². The van der Waals surface area contributed by atoms with E-state index < -0.39 is 11.9 Å². The number of carbonyl (C=O) groups is 2. The second-order valence-corrected chi connectivity index (χ2v) is 5.31. The highest BCUT2D eigenvalue weighted by molar-refractivity contribution is 6.32. The largest absolute Gasteiger partial charge is 0.486 e. The minimum atomic E-state index is -1.07. The third-order valence-electron chi connectivity index (χ3n) is 3.03. The van der Waals surface area contributed by atoms with Gasteiger partial charge in [-0.05, 0) is 26.0 Å². The van der Waals surface area contributed by atoms with Crippen LogP contribution in [-0.4, -0.2) is 47.7 Å². The summed E-state index contributed by atoms with van der Waals surface area (Å²) >= 11 is 6.09. The average molecular weight is 314 g/mol. The summed E-state index contributed by atoms with van der Waals surface area (Å²) in [6.45, 7) is 3.91. The van der Waals surface area contributed by atoms with Gasteiger partial charge < -0.3 is 19.5 Å². The van der Waals surface area contributed by atoms with Crippen LogP contribution in [0.5, 0.6) is 11.5 Å². The van der Waals surface area contributed by atoms with Crippen molar-refractivity contribution in [2.24, 2.45) is 0 Å². The fraction of sp³-hybridized carbons (Fsp3) is 0.429.